The summed E-state index contributed by atoms with van der Waals surface area (Å²) in [6.45, 7) is 9.12. The Morgan fingerprint density at radius 2 is 1.79 bits per heavy atom. The molecule has 1 aliphatic heterocycles. The van der Waals surface area contributed by atoms with Crippen LogP contribution < -0.4 is 10.6 Å². The molecule has 2 rings (SSSR count). The standard InChI is InChI=1S/C36H63N5O7/c1-9-26(4)35(40(6)33(45)24-38-36(46)34(25(2)3)39(5)20-21-42)30(48-8)23-32(44)41-19-13-16-28(41)29(47-7)22-31(43)37-18-17-27-14-11-10-12-15-27/h11,14-15,25-26,28-30,34-35,42H,9-10,12-13,16-24H2,1-8H3,(H,37,43)(H,38,46). The zero-order valence-corrected chi connectivity index (χ0v) is 30.7. The molecule has 0 radical (unpaired) electrons. The molecule has 3 N–H and O–H groups in total. The number of ether oxygens (including phenoxy) is 2. The van der Waals surface area contributed by atoms with Gasteiger partial charge in [0.05, 0.1) is 56.3 Å². The van der Waals surface area contributed by atoms with Crippen molar-refractivity contribution in [1.82, 2.24) is 25.3 Å². The first-order valence-electron chi connectivity index (χ1n) is 17.7. The van der Waals surface area contributed by atoms with Crippen LogP contribution in [-0.2, 0) is 28.7 Å². The molecule has 6 unspecified atom stereocenters. The van der Waals surface area contributed by atoms with Crippen LogP contribution in [0.3, 0.4) is 0 Å². The summed E-state index contributed by atoms with van der Waals surface area (Å²) in [5.74, 6) is -0.764. The molecular formula is C36H63N5O7. The SMILES string of the molecule is CCC(C)C(C(CC(=O)N1CCCC1C(CC(=O)NCCC1=CCCC=C1)OC)OC)N(C)C(=O)CNC(=O)C(C(C)C)N(C)CCO. The summed E-state index contributed by atoms with van der Waals surface area (Å²) < 4.78 is 11.7. The molecule has 0 bridgehead atoms. The lowest BCUT2D eigenvalue weighted by molar-refractivity contribution is -0.144. The van der Waals surface area contributed by atoms with E-state index in [1.165, 1.54) is 5.57 Å². The van der Waals surface area contributed by atoms with E-state index in [0.717, 1.165) is 38.5 Å². The number of nitrogens with zero attached hydrogens (tertiary/aromatic N) is 3. The maximum Gasteiger partial charge on any atom is 0.242 e. The minimum absolute atomic E-state index is 0.0103. The monoisotopic (exact) mass is 677 g/mol. The average molecular weight is 678 g/mol. The first-order chi connectivity index (χ1) is 22.9. The Labute approximate surface area is 288 Å². The maximum absolute atomic E-state index is 13.9. The van der Waals surface area contributed by atoms with Crippen molar-refractivity contribution in [2.75, 3.05) is 61.1 Å². The molecule has 0 aromatic heterocycles. The van der Waals surface area contributed by atoms with Crippen molar-refractivity contribution in [1.29, 1.82) is 0 Å². The van der Waals surface area contributed by atoms with E-state index in [4.69, 9.17) is 9.47 Å². The number of nitrogens with one attached hydrogen (secondary N) is 2. The first kappa shape index (κ1) is 41.4. The Kier molecular flexibility index (Phi) is 18.4. The largest absolute Gasteiger partial charge is 0.395 e. The molecule has 6 atom stereocenters. The Morgan fingerprint density at radius 3 is 2.38 bits per heavy atom. The van der Waals surface area contributed by atoms with E-state index in [1.807, 2.05) is 32.6 Å². The molecule has 12 nitrogen and oxygen atoms in total. The van der Waals surface area contributed by atoms with Gasteiger partial charge in [-0.3, -0.25) is 24.1 Å². The van der Waals surface area contributed by atoms with Gasteiger partial charge in [0, 0.05) is 40.9 Å². The molecule has 2 aliphatic rings. The minimum Gasteiger partial charge on any atom is -0.395 e. The fourth-order valence-electron chi connectivity index (χ4n) is 7.06. The number of allylic oxidation sites excluding steroid dienone is 3. The van der Waals surface area contributed by atoms with Crippen LogP contribution in [0.4, 0.5) is 0 Å². The number of hydrogen-bond donors (Lipinski definition) is 3. The van der Waals surface area contributed by atoms with Gasteiger partial charge in [-0.2, -0.15) is 0 Å². The lowest BCUT2D eigenvalue weighted by Gasteiger charge is -2.39. The van der Waals surface area contributed by atoms with Crippen molar-refractivity contribution < 1.29 is 33.8 Å². The molecule has 274 valence electrons. The maximum atomic E-state index is 13.9. The summed E-state index contributed by atoms with van der Waals surface area (Å²) in [6.07, 6.45) is 10.9. The van der Waals surface area contributed by atoms with Crippen molar-refractivity contribution in [2.24, 2.45) is 11.8 Å². The molecule has 0 spiro atoms. The number of likely N-dealkylation sites (tertiary alicyclic amines) is 1. The van der Waals surface area contributed by atoms with Gasteiger partial charge >= 0.3 is 0 Å². The first-order valence-corrected chi connectivity index (χ1v) is 17.7. The number of amides is 4. The van der Waals surface area contributed by atoms with E-state index in [1.54, 1.807) is 38.1 Å². The van der Waals surface area contributed by atoms with Crippen LogP contribution in [0.15, 0.2) is 23.8 Å². The van der Waals surface area contributed by atoms with E-state index >= 15 is 0 Å². The van der Waals surface area contributed by atoms with Crippen molar-refractivity contribution in [3.63, 3.8) is 0 Å². The molecule has 0 saturated carbocycles. The highest BCUT2D eigenvalue weighted by Gasteiger charge is 2.40. The highest BCUT2D eigenvalue weighted by Crippen LogP contribution is 2.28. The van der Waals surface area contributed by atoms with Crippen LogP contribution in [0, 0.1) is 11.8 Å². The van der Waals surface area contributed by atoms with E-state index in [0.29, 0.717) is 19.6 Å². The zero-order chi connectivity index (χ0) is 35.8. The number of hydrogen-bond acceptors (Lipinski definition) is 8. The molecule has 1 heterocycles. The Morgan fingerprint density at radius 1 is 1.06 bits per heavy atom. The van der Waals surface area contributed by atoms with Crippen LogP contribution in [0.1, 0.15) is 79.1 Å². The van der Waals surface area contributed by atoms with Gasteiger partial charge in [0.25, 0.3) is 0 Å². The Balaban J connectivity index is 2.05. The van der Waals surface area contributed by atoms with Crippen molar-refractivity contribution in [3.8, 4) is 0 Å². The summed E-state index contributed by atoms with van der Waals surface area (Å²) >= 11 is 0. The van der Waals surface area contributed by atoms with E-state index in [-0.39, 0.29) is 67.5 Å². The fourth-order valence-corrected chi connectivity index (χ4v) is 7.06. The zero-order valence-electron chi connectivity index (χ0n) is 30.7. The van der Waals surface area contributed by atoms with Crippen LogP contribution in [-0.4, -0.2) is 135 Å². The number of rotatable bonds is 21. The number of likely N-dealkylation sites (N-methyl/N-ethyl adjacent to an activating group) is 2. The van der Waals surface area contributed by atoms with Crippen molar-refractivity contribution >= 4 is 23.6 Å². The predicted molar refractivity (Wildman–Crippen MR) is 187 cm³/mol. The second kappa shape index (κ2) is 21.3. The highest BCUT2D eigenvalue weighted by atomic mass is 16.5. The number of aliphatic hydroxyl groups excluding tert-OH is 1. The summed E-state index contributed by atoms with van der Waals surface area (Å²) in [6, 6.07) is -1.13. The third-order valence-electron chi connectivity index (χ3n) is 9.91. The lowest BCUT2D eigenvalue weighted by Crippen LogP contribution is -2.55. The third kappa shape index (κ3) is 12.3. The topological polar surface area (TPSA) is 141 Å². The van der Waals surface area contributed by atoms with Crippen molar-refractivity contribution in [3.05, 3.63) is 23.8 Å². The van der Waals surface area contributed by atoms with Crippen LogP contribution >= 0.6 is 0 Å². The number of carbonyl (C=O) groups is 4. The van der Waals surface area contributed by atoms with Gasteiger partial charge in [-0.1, -0.05) is 57.9 Å². The molecule has 12 heteroatoms. The summed E-state index contributed by atoms with van der Waals surface area (Å²) in [5.41, 5.74) is 1.24. The highest BCUT2D eigenvalue weighted by molar-refractivity contribution is 5.87. The second-order valence-electron chi connectivity index (χ2n) is 13.6. The van der Waals surface area contributed by atoms with Crippen LogP contribution in [0.2, 0.25) is 0 Å². The van der Waals surface area contributed by atoms with E-state index in [9.17, 15) is 24.3 Å². The molecule has 4 amide bonds. The summed E-state index contributed by atoms with van der Waals surface area (Å²) in [4.78, 5) is 58.4. The number of aliphatic hydroxyl groups is 1. The Hall–Kier alpha value is -2.80. The van der Waals surface area contributed by atoms with E-state index < -0.39 is 24.3 Å². The summed E-state index contributed by atoms with van der Waals surface area (Å²) in [7, 11) is 6.61. The predicted octanol–water partition coefficient (Wildman–Crippen LogP) is 2.51. The molecule has 0 aromatic rings. The average Bonchev–Trinajstić information content (AvgIpc) is 3.56. The number of carbonyl (C=O) groups excluding carboxylic acids is 4. The van der Waals surface area contributed by atoms with Gasteiger partial charge in [-0.15, -0.1) is 0 Å². The van der Waals surface area contributed by atoms with Gasteiger partial charge in [-0.05, 0) is 51.0 Å². The Bertz CT molecular complexity index is 1100. The van der Waals surface area contributed by atoms with Gasteiger partial charge in [0.15, 0.2) is 0 Å². The molecule has 0 aromatic carbocycles. The summed E-state index contributed by atoms with van der Waals surface area (Å²) in [5, 5.41) is 15.1. The molecular weight excluding hydrogens is 614 g/mol. The number of methoxy groups -OCH3 is 2. The van der Waals surface area contributed by atoms with Crippen molar-refractivity contribution in [2.45, 2.75) is 109 Å². The van der Waals surface area contributed by atoms with Gasteiger partial charge in [0.2, 0.25) is 23.6 Å². The fraction of sp³-hybridized carbons (Fsp3) is 0.778. The smallest absolute Gasteiger partial charge is 0.242 e. The van der Waals surface area contributed by atoms with Crippen LogP contribution in [0.25, 0.3) is 0 Å². The minimum atomic E-state index is -0.579. The molecule has 1 fully saturated rings. The molecule has 1 saturated heterocycles. The molecule has 48 heavy (non-hydrogen) atoms. The second-order valence-corrected chi connectivity index (χ2v) is 13.6. The lowest BCUT2D eigenvalue weighted by atomic mass is 9.90. The van der Waals surface area contributed by atoms with E-state index in [2.05, 4.69) is 28.9 Å². The van der Waals surface area contributed by atoms with Gasteiger partial charge in [0.1, 0.15) is 0 Å². The van der Waals surface area contributed by atoms with Crippen LogP contribution in [0.5, 0.6) is 0 Å². The van der Waals surface area contributed by atoms with Gasteiger partial charge < -0.3 is 35.0 Å². The normalized spacial score (nSPS) is 19.4. The third-order valence-corrected chi connectivity index (χ3v) is 9.91. The van der Waals surface area contributed by atoms with Gasteiger partial charge in [-0.25, -0.2) is 0 Å². The quantitative estimate of drug-likeness (QED) is 0.168. The molecule has 1 aliphatic carbocycles.